The van der Waals surface area contributed by atoms with Gasteiger partial charge in [-0.3, -0.25) is 9.59 Å². The molecule has 0 aromatic heterocycles. The second-order valence-corrected chi connectivity index (χ2v) is 9.49. The van der Waals surface area contributed by atoms with E-state index in [2.05, 4.69) is 10.0 Å². The van der Waals surface area contributed by atoms with Gasteiger partial charge in [0.2, 0.25) is 21.8 Å². The van der Waals surface area contributed by atoms with Crippen LogP contribution in [0.1, 0.15) is 37.7 Å². The minimum Gasteiger partial charge on any atom is -0.496 e. The van der Waals surface area contributed by atoms with Crippen LogP contribution in [0.25, 0.3) is 0 Å². The van der Waals surface area contributed by atoms with Crippen LogP contribution in [0.5, 0.6) is 5.75 Å². The number of amides is 2. The number of benzene rings is 1. The number of ether oxygens (including phenoxy) is 1. The van der Waals surface area contributed by atoms with Crippen molar-refractivity contribution in [3.05, 3.63) is 29.8 Å². The zero-order valence-corrected chi connectivity index (χ0v) is 19.1. The van der Waals surface area contributed by atoms with E-state index in [1.165, 1.54) is 12.0 Å². The first kappa shape index (κ1) is 25.8. The van der Waals surface area contributed by atoms with Gasteiger partial charge in [0.25, 0.3) is 0 Å². The minimum absolute atomic E-state index is 0.240. The van der Waals surface area contributed by atoms with Gasteiger partial charge in [0.1, 0.15) is 18.1 Å². The van der Waals surface area contributed by atoms with E-state index < -0.39 is 33.9 Å². The van der Waals surface area contributed by atoms with Crippen molar-refractivity contribution in [1.29, 1.82) is 0 Å². The number of likely N-dealkylation sites (tertiary alicyclic amines) is 1. The molecule has 1 aliphatic rings. The lowest BCUT2D eigenvalue weighted by Crippen LogP contribution is -2.51. The Balaban J connectivity index is 2.02. The summed E-state index contributed by atoms with van der Waals surface area (Å²) in [7, 11) is -2.38. The number of rotatable bonds is 12. The highest BCUT2D eigenvalue weighted by Crippen LogP contribution is 2.20. The van der Waals surface area contributed by atoms with Gasteiger partial charge in [-0.2, -0.15) is 0 Å². The molecule has 1 aromatic rings. The molecule has 10 nitrogen and oxygen atoms in total. The standard InChI is InChI=1S/C21H32N4O6S/c1-31-19-10-3-2-7-16(19)15-32(29,30)24-18-9-4-5-12-25(21(18)28)13-20(27)23-17(14-26)8-6-11-22/h2-3,7,10,14,17-18,24H,4-6,8-9,11-13,15,22H2,1H3,(H,23,27). The molecular formula is C21H32N4O6S. The molecule has 32 heavy (non-hydrogen) atoms. The first-order chi connectivity index (χ1) is 15.3. The largest absolute Gasteiger partial charge is 0.496 e. The Labute approximate surface area is 188 Å². The average Bonchev–Trinajstić information content (AvgIpc) is 2.92. The number of hydrogen-bond acceptors (Lipinski definition) is 7. The minimum atomic E-state index is -3.84. The van der Waals surface area contributed by atoms with Crippen LogP contribution in [0.2, 0.25) is 0 Å². The summed E-state index contributed by atoms with van der Waals surface area (Å²) in [6, 6.07) is 5.16. The van der Waals surface area contributed by atoms with E-state index in [4.69, 9.17) is 10.5 Å². The van der Waals surface area contributed by atoms with Crippen LogP contribution in [0, 0.1) is 0 Å². The number of nitrogens with zero attached hydrogens (tertiary/aromatic N) is 1. The number of carbonyl (C=O) groups excluding carboxylic acids is 3. The van der Waals surface area contributed by atoms with Crippen LogP contribution < -0.4 is 20.5 Å². The zero-order valence-electron chi connectivity index (χ0n) is 18.3. The van der Waals surface area contributed by atoms with Gasteiger partial charge in [-0.05, 0) is 44.7 Å². The van der Waals surface area contributed by atoms with Gasteiger partial charge in [0, 0.05) is 12.1 Å². The van der Waals surface area contributed by atoms with Gasteiger partial charge in [-0.1, -0.05) is 18.2 Å². The number of sulfonamides is 1. The Morgan fingerprint density at radius 2 is 2.09 bits per heavy atom. The summed E-state index contributed by atoms with van der Waals surface area (Å²) >= 11 is 0. The van der Waals surface area contributed by atoms with Gasteiger partial charge in [-0.15, -0.1) is 0 Å². The quantitative estimate of drug-likeness (QED) is 0.363. The van der Waals surface area contributed by atoms with E-state index in [0.717, 1.165) is 0 Å². The SMILES string of the molecule is COc1ccccc1CS(=O)(=O)NC1CCCCN(CC(=O)NC(C=O)CCCN)C1=O. The number of nitrogens with two attached hydrogens (primary N) is 1. The normalized spacial score (nSPS) is 18.0. The van der Waals surface area contributed by atoms with Crippen LogP contribution >= 0.6 is 0 Å². The predicted molar refractivity (Wildman–Crippen MR) is 119 cm³/mol. The van der Waals surface area contributed by atoms with E-state index in [-0.39, 0.29) is 12.3 Å². The van der Waals surface area contributed by atoms with Crippen molar-refractivity contribution in [3.8, 4) is 5.75 Å². The topological polar surface area (TPSA) is 148 Å². The molecule has 178 valence electrons. The van der Waals surface area contributed by atoms with Crippen molar-refractivity contribution >= 4 is 28.1 Å². The molecule has 1 saturated heterocycles. The summed E-state index contributed by atoms with van der Waals surface area (Å²) < 4.78 is 33.2. The number of nitrogens with one attached hydrogen (secondary N) is 2. The fraction of sp³-hybridized carbons (Fsp3) is 0.571. The monoisotopic (exact) mass is 468 g/mol. The molecule has 1 fully saturated rings. The Bertz CT molecular complexity index is 892. The second kappa shape index (κ2) is 12.5. The molecule has 2 atom stereocenters. The average molecular weight is 469 g/mol. The maximum absolute atomic E-state index is 13.0. The molecular weight excluding hydrogens is 436 g/mol. The smallest absolute Gasteiger partial charge is 0.241 e. The molecule has 1 aromatic carbocycles. The lowest BCUT2D eigenvalue weighted by atomic mass is 10.1. The maximum atomic E-state index is 13.0. The molecule has 0 radical (unpaired) electrons. The van der Waals surface area contributed by atoms with E-state index in [9.17, 15) is 22.8 Å². The summed E-state index contributed by atoms with van der Waals surface area (Å²) in [6.07, 6.45) is 3.28. The first-order valence-electron chi connectivity index (χ1n) is 10.6. The summed E-state index contributed by atoms with van der Waals surface area (Å²) in [4.78, 5) is 37.8. The van der Waals surface area contributed by atoms with Crippen molar-refractivity contribution in [3.63, 3.8) is 0 Å². The summed E-state index contributed by atoms with van der Waals surface area (Å²) in [5.74, 6) is -0.803. The maximum Gasteiger partial charge on any atom is 0.241 e. The zero-order chi connectivity index (χ0) is 23.6. The molecule has 11 heteroatoms. The molecule has 4 N–H and O–H groups in total. The van der Waals surface area contributed by atoms with Gasteiger partial charge in [-0.25, -0.2) is 13.1 Å². The van der Waals surface area contributed by atoms with E-state index in [0.29, 0.717) is 62.8 Å². The lowest BCUT2D eigenvalue weighted by molar-refractivity contribution is -0.137. The van der Waals surface area contributed by atoms with Gasteiger partial charge < -0.3 is 25.5 Å². The van der Waals surface area contributed by atoms with Crippen molar-refractivity contribution < 1.29 is 27.5 Å². The Hall–Kier alpha value is -2.50. The summed E-state index contributed by atoms with van der Waals surface area (Å²) in [6.45, 7) is 0.504. The number of para-hydroxylation sites is 1. The second-order valence-electron chi connectivity index (χ2n) is 7.74. The van der Waals surface area contributed by atoms with E-state index >= 15 is 0 Å². The molecule has 2 amide bonds. The predicted octanol–water partition coefficient (Wildman–Crippen LogP) is -0.0817. The Morgan fingerprint density at radius 3 is 2.78 bits per heavy atom. The first-order valence-corrected chi connectivity index (χ1v) is 12.3. The highest BCUT2D eigenvalue weighted by Gasteiger charge is 2.32. The Kier molecular flexibility index (Phi) is 10.1. The fourth-order valence-electron chi connectivity index (χ4n) is 3.59. The summed E-state index contributed by atoms with van der Waals surface area (Å²) in [5.41, 5.74) is 5.92. The van der Waals surface area contributed by atoms with E-state index in [1.807, 2.05) is 0 Å². The molecule has 1 aliphatic heterocycles. The third-order valence-corrected chi connectivity index (χ3v) is 6.54. The number of hydrogen-bond donors (Lipinski definition) is 3. The van der Waals surface area contributed by atoms with Crippen LogP contribution in [0.4, 0.5) is 0 Å². The van der Waals surface area contributed by atoms with Crippen LogP contribution in [-0.4, -0.2) is 70.2 Å². The van der Waals surface area contributed by atoms with Crippen molar-refractivity contribution in [2.24, 2.45) is 5.73 Å². The number of methoxy groups -OCH3 is 1. The van der Waals surface area contributed by atoms with Crippen molar-refractivity contribution in [1.82, 2.24) is 14.9 Å². The molecule has 0 saturated carbocycles. The van der Waals surface area contributed by atoms with Gasteiger partial charge in [0.15, 0.2) is 0 Å². The van der Waals surface area contributed by atoms with Crippen molar-refractivity contribution in [2.45, 2.75) is 49.9 Å². The molecule has 0 bridgehead atoms. The van der Waals surface area contributed by atoms with Gasteiger partial charge in [0.05, 0.1) is 25.4 Å². The third-order valence-electron chi connectivity index (χ3n) is 5.20. The van der Waals surface area contributed by atoms with Crippen LogP contribution in [0.3, 0.4) is 0 Å². The van der Waals surface area contributed by atoms with Crippen LogP contribution in [-0.2, 0) is 30.2 Å². The highest BCUT2D eigenvalue weighted by molar-refractivity contribution is 7.88. The highest BCUT2D eigenvalue weighted by atomic mass is 32.2. The molecule has 2 rings (SSSR count). The lowest BCUT2D eigenvalue weighted by Gasteiger charge is -2.25. The van der Waals surface area contributed by atoms with Crippen LogP contribution in [0.15, 0.2) is 24.3 Å². The Morgan fingerprint density at radius 1 is 1.34 bits per heavy atom. The van der Waals surface area contributed by atoms with Crippen molar-refractivity contribution in [2.75, 3.05) is 26.7 Å². The van der Waals surface area contributed by atoms with Gasteiger partial charge >= 0.3 is 0 Å². The molecule has 0 spiro atoms. The number of carbonyl (C=O) groups is 3. The molecule has 2 unspecified atom stereocenters. The molecule has 0 aliphatic carbocycles. The third kappa shape index (κ3) is 7.88. The number of aldehydes is 1. The summed E-state index contributed by atoms with van der Waals surface area (Å²) in [5, 5.41) is 2.59. The van der Waals surface area contributed by atoms with E-state index in [1.54, 1.807) is 24.3 Å². The molecule has 1 heterocycles. The fourth-order valence-corrected chi connectivity index (χ4v) is 4.98.